The summed E-state index contributed by atoms with van der Waals surface area (Å²) in [6.45, 7) is 2.78. The summed E-state index contributed by atoms with van der Waals surface area (Å²) in [5.74, 6) is 1.54. The van der Waals surface area contributed by atoms with Crippen LogP contribution < -0.4 is 0 Å². The Morgan fingerprint density at radius 1 is 0.933 bits per heavy atom. The molecule has 5 rings (SSSR count). The van der Waals surface area contributed by atoms with E-state index in [-0.39, 0.29) is 0 Å². The largest absolute Gasteiger partial charge is 0.307 e. The number of rotatable bonds is 6. The monoisotopic (exact) mass is 412 g/mol. The van der Waals surface area contributed by atoms with Gasteiger partial charge in [0.1, 0.15) is 5.65 Å². The Balaban J connectivity index is 1.45. The molecule has 0 saturated heterocycles. The molecule has 0 fully saturated rings. The molecule has 0 radical (unpaired) electrons. The highest BCUT2D eigenvalue weighted by molar-refractivity contribution is 7.98. The van der Waals surface area contributed by atoms with Crippen molar-refractivity contribution in [1.82, 2.24) is 29.1 Å². The van der Waals surface area contributed by atoms with Gasteiger partial charge in [-0.1, -0.05) is 48.2 Å². The molecule has 0 spiro atoms. The van der Waals surface area contributed by atoms with Gasteiger partial charge in [-0.05, 0) is 36.2 Å². The molecule has 0 saturated carbocycles. The Labute approximate surface area is 178 Å². The smallest absolute Gasteiger partial charge is 0.192 e. The number of pyridine rings is 2. The molecule has 148 valence electrons. The van der Waals surface area contributed by atoms with Crippen molar-refractivity contribution in [2.45, 2.75) is 24.4 Å². The molecule has 0 bridgehead atoms. The Bertz CT molecular complexity index is 1280. The molecule has 0 atom stereocenters. The van der Waals surface area contributed by atoms with Crippen LogP contribution in [0.3, 0.4) is 0 Å². The minimum atomic E-state index is 0.699. The average molecular weight is 413 g/mol. The molecule has 1 aromatic carbocycles. The molecule has 6 nitrogen and oxygen atoms in total. The average Bonchev–Trinajstić information content (AvgIpc) is 3.37. The zero-order chi connectivity index (χ0) is 20.3. The second-order valence-corrected chi connectivity index (χ2v) is 8.05. The summed E-state index contributed by atoms with van der Waals surface area (Å²) in [6.07, 6.45) is 7.76. The lowest BCUT2D eigenvalue weighted by atomic mass is 10.2. The van der Waals surface area contributed by atoms with Crippen molar-refractivity contribution in [3.63, 3.8) is 0 Å². The molecule has 0 aliphatic rings. The van der Waals surface area contributed by atoms with E-state index in [9.17, 15) is 0 Å². The van der Waals surface area contributed by atoms with E-state index in [0.717, 1.165) is 33.6 Å². The number of hydrogen-bond acceptors (Lipinski definition) is 5. The Hall–Kier alpha value is -3.45. The fourth-order valence-electron chi connectivity index (χ4n) is 3.38. The topological polar surface area (TPSA) is 60.9 Å². The van der Waals surface area contributed by atoms with Gasteiger partial charge < -0.3 is 4.40 Å². The lowest BCUT2D eigenvalue weighted by Crippen LogP contribution is -2.04. The Morgan fingerprint density at radius 2 is 1.83 bits per heavy atom. The van der Waals surface area contributed by atoms with Gasteiger partial charge in [-0.2, -0.15) is 0 Å². The fraction of sp³-hybridized carbons (Fsp3) is 0.130. The third-order valence-corrected chi connectivity index (χ3v) is 5.82. The van der Waals surface area contributed by atoms with E-state index in [1.807, 2.05) is 30.5 Å². The van der Waals surface area contributed by atoms with E-state index < -0.39 is 0 Å². The molecule has 30 heavy (non-hydrogen) atoms. The highest BCUT2D eigenvalue weighted by Gasteiger charge is 2.16. The number of benzene rings is 1. The van der Waals surface area contributed by atoms with Crippen molar-refractivity contribution in [1.29, 1.82) is 0 Å². The maximum absolute atomic E-state index is 4.72. The van der Waals surface area contributed by atoms with Gasteiger partial charge in [0.25, 0.3) is 0 Å². The van der Waals surface area contributed by atoms with E-state index in [1.165, 1.54) is 11.1 Å². The standard InChI is InChI=1S/C23H20N6S/c1-17-9-10-21-25-20(15-28(21)13-17)16-30-23-27-26-22(19-8-5-11-24-12-19)29(23)14-18-6-3-2-4-7-18/h2-13,15H,14,16H2,1H3. The number of nitrogens with zero attached hydrogens (tertiary/aromatic N) is 6. The van der Waals surface area contributed by atoms with Gasteiger partial charge in [-0.15, -0.1) is 10.2 Å². The number of imidazole rings is 1. The highest BCUT2D eigenvalue weighted by atomic mass is 32.2. The van der Waals surface area contributed by atoms with Crippen molar-refractivity contribution < 1.29 is 0 Å². The van der Waals surface area contributed by atoms with Crippen LogP contribution >= 0.6 is 11.8 Å². The Morgan fingerprint density at radius 3 is 2.67 bits per heavy atom. The molecule has 0 aliphatic carbocycles. The number of thioether (sulfide) groups is 1. The van der Waals surface area contributed by atoms with Crippen LogP contribution in [0.4, 0.5) is 0 Å². The third-order valence-electron chi connectivity index (χ3n) is 4.82. The molecule has 4 aromatic heterocycles. The highest BCUT2D eigenvalue weighted by Crippen LogP contribution is 2.27. The van der Waals surface area contributed by atoms with Gasteiger partial charge in [-0.25, -0.2) is 4.98 Å². The van der Waals surface area contributed by atoms with Crippen LogP contribution in [0.1, 0.15) is 16.8 Å². The molecule has 0 N–H and O–H groups in total. The zero-order valence-corrected chi connectivity index (χ0v) is 17.3. The van der Waals surface area contributed by atoms with Gasteiger partial charge in [0.15, 0.2) is 11.0 Å². The fourth-order valence-corrected chi connectivity index (χ4v) is 4.20. The van der Waals surface area contributed by atoms with E-state index in [1.54, 1.807) is 18.0 Å². The van der Waals surface area contributed by atoms with Crippen LogP contribution in [0.5, 0.6) is 0 Å². The number of fused-ring (bicyclic) bond motifs is 1. The quantitative estimate of drug-likeness (QED) is 0.380. The molecule has 5 aromatic rings. The van der Waals surface area contributed by atoms with Crippen LogP contribution in [0, 0.1) is 6.92 Å². The van der Waals surface area contributed by atoms with Crippen LogP contribution in [0.15, 0.2) is 84.5 Å². The predicted octanol–water partition coefficient (Wildman–Crippen LogP) is 4.64. The van der Waals surface area contributed by atoms with Gasteiger partial charge in [-0.3, -0.25) is 9.55 Å². The Kier molecular flexibility index (Phi) is 5.03. The molecule has 7 heteroatoms. The predicted molar refractivity (Wildman–Crippen MR) is 118 cm³/mol. The lowest BCUT2D eigenvalue weighted by Gasteiger charge is -2.10. The first-order valence-corrected chi connectivity index (χ1v) is 10.7. The van der Waals surface area contributed by atoms with Crippen molar-refractivity contribution >= 4 is 17.4 Å². The maximum Gasteiger partial charge on any atom is 0.192 e. The summed E-state index contributed by atoms with van der Waals surface area (Å²) in [7, 11) is 0. The molecule has 4 heterocycles. The van der Waals surface area contributed by atoms with Crippen molar-refractivity contribution in [2.24, 2.45) is 0 Å². The van der Waals surface area contributed by atoms with Gasteiger partial charge in [0.2, 0.25) is 0 Å². The van der Waals surface area contributed by atoms with Crippen molar-refractivity contribution in [3.8, 4) is 11.4 Å². The molecule has 0 unspecified atom stereocenters. The minimum Gasteiger partial charge on any atom is -0.307 e. The maximum atomic E-state index is 4.72. The second kappa shape index (κ2) is 8.12. The van der Waals surface area contributed by atoms with Crippen molar-refractivity contribution in [2.75, 3.05) is 0 Å². The first kappa shape index (κ1) is 18.6. The first-order valence-electron chi connectivity index (χ1n) is 9.71. The van der Waals surface area contributed by atoms with Gasteiger partial charge >= 0.3 is 0 Å². The van der Waals surface area contributed by atoms with Crippen LogP contribution in [-0.2, 0) is 12.3 Å². The first-order chi connectivity index (χ1) is 14.8. The molecular weight excluding hydrogens is 392 g/mol. The van der Waals surface area contributed by atoms with E-state index in [4.69, 9.17) is 4.98 Å². The normalized spacial score (nSPS) is 11.2. The minimum absolute atomic E-state index is 0.699. The van der Waals surface area contributed by atoms with Crippen LogP contribution in [-0.4, -0.2) is 29.1 Å². The van der Waals surface area contributed by atoms with E-state index >= 15 is 0 Å². The van der Waals surface area contributed by atoms with Gasteiger partial charge in [0.05, 0.1) is 12.2 Å². The van der Waals surface area contributed by atoms with E-state index in [0.29, 0.717) is 6.54 Å². The summed E-state index contributed by atoms with van der Waals surface area (Å²) in [5, 5.41) is 9.83. The summed E-state index contributed by atoms with van der Waals surface area (Å²) in [5.41, 5.74) is 5.34. The zero-order valence-electron chi connectivity index (χ0n) is 16.5. The molecule has 0 amide bonds. The van der Waals surface area contributed by atoms with Crippen LogP contribution in [0.2, 0.25) is 0 Å². The second-order valence-electron chi connectivity index (χ2n) is 7.11. The number of aromatic nitrogens is 6. The third kappa shape index (κ3) is 3.84. The summed E-state index contributed by atoms with van der Waals surface area (Å²) in [4.78, 5) is 8.96. The molecule has 0 aliphatic heterocycles. The SMILES string of the molecule is Cc1ccc2nc(CSc3nnc(-c4cccnc4)n3Cc3ccccc3)cn2c1. The molecular formula is C23H20N6S. The lowest BCUT2D eigenvalue weighted by molar-refractivity contribution is 0.714. The number of aryl methyl sites for hydroxylation is 1. The number of hydrogen-bond donors (Lipinski definition) is 0. The van der Waals surface area contributed by atoms with Crippen LogP contribution in [0.25, 0.3) is 17.0 Å². The summed E-state index contributed by atoms with van der Waals surface area (Å²) >= 11 is 1.65. The van der Waals surface area contributed by atoms with E-state index in [2.05, 4.69) is 73.8 Å². The summed E-state index contributed by atoms with van der Waals surface area (Å²) < 4.78 is 4.22. The summed E-state index contributed by atoms with van der Waals surface area (Å²) in [6, 6.07) is 18.4. The van der Waals surface area contributed by atoms with Crippen molar-refractivity contribution in [3.05, 3.63) is 96.2 Å². The van der Waals surface area contributed by atoms with Gasteiger partial charge in [0, 0.05) is 36.1 Å².